The van der Waals surface area contributed by atoms with Gasteiger partial charge < -0.3 is 33.9 Å². The van der Waals surface area contributed by atoms with Gasteiger partial charge in [-0.15, -0.1) is 71.8 Å². The first-order valence-corrected chi connectivity index (χ1v) is 16.8. The summed E-state index contributed by atoms with van der Waals surface area (Å²) >= 11 is 0. The normalized spacial score (nSPS) is 10.0. The van der Waals surface area contributed by atoms with Gasteiger partial charge in [0.25, 0.3) is 0 Å². The largest absolute Gasteiger partial charge is 2.00 e. The Morgan fingerprint density at radius 3 is 1.54 bits per heavy atom. The Kier molecular flexibility index (Phi) is 14.0. The van der Waals surface area contributed by atoms with Crippen molar-refractivity contribution in [2.24, 2.45) is 14.1 Å². The van der Waals surface area contributed by atoms with E-state index in [4.69, 9.17) is 11.8 Å². The van der Waals surface area contributed by atoms with Crippen LogP contribution in [-0.2, 0) is 56.2 Å². The van der Waals surface area contributed by atoms with Gasteiger partial charge in [0.15, 0.2) is 0 Å². The number of pyridine rings is 2. The summed E-state index contributed by atoms with van der Waals surface area (Å²) in [6, 6.07) is 47.0. The van der Waals surface area contributed by atoms with Gasteiger partial charge in [0.1, 0.15) is 0 Å². The van der Waals surface area contributed by atoms with Crippen molar-refractivity contribution in [3.8, 4) is 28.8 Å². The van der Waals surface area contributed by atoms with E-state index in [0.29, 0.717) is 22.8 Å². The number of nitrogens with zero attached hydrogens (tertiary/aromatic N) is 10. The number of rotatable bonds is 2. The number of para-hydroxylation sites is 2. The summed E-state index contributed by atoms with van der Waals surface area (Å²) in [5, 5.41) is 12.9. The number of fused-ring (bicyclic) bond motifs is 6. The minimum atomic E-state index is 0. The van der Waals surface area contributed by atoms with Crippen molar-refractivity contribution in [2.75, 3.05) is 0 Å². The fourth-order valence-electron chi connectivity index (χ4n) is 5.74. The maximum Gasteiger partial charge on any atom is 2.00 e. The van der Waals surface area contributed by atoms with Gasteiger partial charge in [-0.05, 0) is 44.3 Å². The van der Waals surface area contributed by atoms with Gasteiger partial charge in [0.2, 0.25) is 0 Å². The number of imidazole rings is 2. The van der Waals surface area contributed by atoms with E-state index >= 15 is 0 Å². The van der Waals surface area contributed by atoms with E-state index in [9.17, 15) is 0 Å². The number of nitriles is 1. The predicted molar refractivity (Wildman–Crippen MR) is 211 cm³/mol. The van der Waals surface area contributed by atoms with Crippen LogP contribution in [0, 0.1) is 30.0 Å². The zero-order valence-electron chi connectivity index (χ0n) is 30.0. The Morgan fingerprint density at radius 1 is 0.607 bits per heavy atom. The molecule has 12 heteroatoms. The molecule has 0 atom stereocenters. The molecule has 0 unspecified atom stereocenters. The van der Waals surface area contributed by atoms with Crippen molar-refractivity contribution in [3.05, 3.63) is 175 Å². The molecule has 0 amide bonds. The molecule has 4 aromatic carbocycles. The van der Waals surface area contributed by atoms with Crippen LogP contribution in [-0.4, -0.2) is 29.1 Å². The van der Waals surface area contributed by atoms with E-state index in [0.717, 1.165) is 55.4 Å². The van der Waals surface area contributed by atoms with Gasteiger partial charge in [0.05, 0.1) is 23.5 Å². The maximum absolute atomic E-state index is 8.73. The second-order valence-electron chi connectivity index (χ2n) is 11.9. The number of aryl methyl sites for hydroxylation is 2. The Bertz CT molecular complexity index is 2700. The van der Waals surface area contributed by atoms with Gasteiger partial charge in [0, 0.05) is 44.6 Å². The second kappa shape index (κ2) is 19.2. The van der Waals surface area contributed by atoms with Crippen molar-refractivity contribution < 1.29 is 42.1 Å². The number of benzene rings is 4. The average molecular weight is 1090 g/mol. The fraction of sp³-hybridized carbons (Fsp3) is 0.0455. The van der Waals surface area contributed by atoms with Crippen molar-refractivity contribution in [1.82, 2.24) is 39.0 Å². The van der Waals surface area contributed by atoms with Crippen molar-refractivity contribution in [3.63, 3.8) is 0 Å². The molecule has 6 aromatic heterocycles. The van der Waals surface area contributed by atoms with Crippen LogP contribution in [0.3, 0.4) is 0 Å². The van der Waals surface area contributed by atoms with Crippen LogP contribution in [0.4, 0.5) is 5.82 Å². The Hall–Kier alpha value is -6.44. The molecule has 0 radical (unpaired) electrons. The molecular weight excluding hydrogens is 1060 g/mol. The molecule has 0 aliphatic carbocycles. The van der Waals surface area contributed by atoms with Crippen LogP contribution in [0.5, 0.6) is 0 Å². The van der Waals surface area contributed by atoms with Crippen LogP contribution in [0.15, 0.2) is 146 Å². The van der Waals surface area contributed by atoms with Crippen molar-refractivity contribution in [2.45, 2.75) is 0 Å². The summed E-state index contributed by atoms with van der Waals surface area (Å²) in [5.74, 6) is 2.30. The molecule has 0 spiro atoms. The summed E-state index contributed by atoms with van der Waals surface area (Å²) in [5.41, 5.74) is 5.64. The summed E-state index contributed by atoms with van der Waals surface area (Å²) in [7, 11) is 3.95. The van der Waals surface area contributed by atoms with Gasteiger partial charge in [-0.1, -0.05) is 78.9 Å². The van der Waals surface area contributed by atoms with Gasteiger partial charge in [-0.3, -0.25) is 9.97 Å². The smallest absolute Gasteiger partial charge is 0.481 e. The van der Waals surface area contributed by atoms with Crippen molar-refractivity contribution in [1.29, 1.82) is 5.26 Å². The molecule has 0 saturated heterocycles. The molecular formula is C44H30N10Pt2. The number of hydrogen-bond acceptors (Lipinski definition) is 5. The van der Waals surface area contributed by atoms with E-state index < -0.39 is 0 Å². The molecule has 0 fully saturated rings. The molecule has 0 bridgehead atoms. The summed E-state index contributed by atoms with van der Waals surface area (Å²) in [6.07, 6.45) is 7.43. The predicted octanol–water partition coefficient (Wildman–Crippen LogP) is 8.88. The van der Waals surface area contributed by atoms with E-state index in [2.05, 4.69) is 46.9 Å². The first-order valence-electron chi connectivity index (χ1n) is 16.8. The molecule has 0 N–H and O–H groups in total. The van der Waals surface area contributed by atoms with E-state index in [1.165, 1.54) is 0 Å². The van der Waals surface area contributed by atoms with Gasteiger partial charge >= 0.3 is 42.1 Å². The van der Waals surface area contributed by atoms with E-state index in [1.54, 1.807) is 24.5 Å². The van der Waals surface area contributed by atoms with Gasteiger partial charge in [-0.2, -0.15) is 5.26 Å². The quantitative estimate of drug-likeness (QED) is 0.159. The third-order valence-electron chi connectivity index (χ3n) is 8.35. The van der Waals surface area contributed by atoms with E-state index in [-0.39, 0.29) is 42.1 Å². The average Bonchev–Trinajstić information content (AvgIpc) is 4.03. The Morgan fingerprint density at radius 2 is 1.09 bits per heavy atom. The minimum absolute atomic E-state index is 0. The molecule has 276 valence electrons. The first kappa shape index (κ1) is 40.7. The standard InChI is InChI=1S/2C12H6N3.2C10H9N2.2Pt/c1-13-11-7-6-9-8-4-2-3-5-10(8)14-12(9)15-11;13-7-8-5-6-10-9-3-1-2-4-11(9)15-12(10)14-8;2*1-12-8-7-11-10(12)9-5-3-2-4-6-9;;/h2-7H;1-6H;2*2-5,7-8H,1H3;;/q4*-1;2*+2. The monoisotopic (exact) mass is 1090 g/mol. The van der Waals surface area contributed by atoms with Crippen LogP contribution in [0.25, 0.3) is 71.5 Å². The topological polar surface area (TPSA) is 118 Å². The third kappa shape index (κ3) is 9.25. The van der Waals surface area contributed by atoms with Crippen LogP contribution in [0.1, 0.15) is 5.69 Å². The third-order valence-corrected chi connectivity index (χ3v) is 8.35. The molecule has 56 heavy (non-hydrogen) atoms. The molecule has 10 rings (SSSR count). The van der Waals surface area contributed by atoms with Gasteiger partial charge in [-0.25, -0.2) is 0 Å². The molecule has 0 aliphatic rings. The number of hydrogen-bond donors (Lipinski definition) is 0. The summed E-state index contributed by atoms with van der Waals surface area (Å²) in [4.78, 5) is 28.8. The molecule has 0 aliphatic heterocycles. The Labute approximate surface area is 352 Å². The zero-order chi connectivity index (χ0) is 37.3. The zero-order valence-corrected chi connectivity index (χ0v) is 34.5. The first-order chi connectivity index (χ1) is 26.5. The van der Waals surface area contributed by atoms with Crippen molar-refractivity contribution >= 4 is 49.7 Å². The van der Waals surface area contributed by atoms with E-state index in [1.807, 2.05) is 151 Å². The molecule has 10 aromatic rings. The number of aromatic nitrogens is 8. The molecule has 6 heterocycles. The van der Waals surface area contributed by atoms with Crippen LogP contribution < -0.4 is 9.97 Å². The van der Waals surface area contributed by atoms with Crippen LogP contribution in [0.2, 0.25) is 0 Å². The van der Waals surface area contributed by atoms with Crippen LogP contribution >= 0.6 is 0 Å². The summed E-state index contributed by atoms with van der Waals surface area (Å²) < 4.78 is 3.96. The Balaban J connectivity index is 0.000000142. The second-order valence-corrected chi connectivity index (χ2v) is 11.9. The maximum atomic E-state index is 8.73. The molecule has 10 nitrogen and oxygen atoms in total. The minimum Gasteiger partial charge on any atom is -0.481 e. The summed E-state index contributed by atoms with van der Waals surface area (Å²) in [6.45, 7) is 6.89. The molecule has 0 saturated carbocycles. The SMILES string of the molecule is Cn1ccnc1-c1[c-]cccc1.Cn1ccnc1-c1[c-]cccc1.N#Cc1ccc2c(n1)[n-]c1ccccc12.[C-]#[N+]c1ccc2c(n1)[n-]c1ccccc12.[Pt+2].[Pt+2]. The fourth-order valence-corrected chi connectivity index (χ4v) is 5.74.